The van der Waals surface area contributed by atoms with Gasteiger partial charge in [-0.3, -0.25) is 4.79 Å². The van der Waals surface area contributed by atoms with Crippen molar-refractivity contribution >= 4 is 5.97 Å². The number of aryl methyl sites for hydroxylation is 1. The minimum absolute atomic E-state index is 0.146. The predicted molar refractivity (Wildman–Crippen MR) is 56.0 cm³/mol. The normalized spacial score (nSPS) is 18.1. The van der Waals surface area contributed by atoms with Crippen LogP contribution in [0, 0.1) is 6.92 Å². The number of benzene rings is 1. The number of methoxy groups -OCH3 is 1. The molecule has 0 bridgehead atoms. The maximum absolute atomic E-state index is 11.2. The molecule has 0 fully saturated rings. The van der Waals surface area contributed by atoms with Crippen molar-refractivity contribution in [2.75, 3.05) is 13.7 Å². The lowest BCUT2D eigenvalue weighted by atomic mass is 9.97. The first-order valence-electron chi connectivity index (χ1n) is 5.01. The first-order chi connectivity index (χ1) is 7.20. The van der Waals surface area contributed by atoms with Crippen LogP contribution in [-0.4, -0.2) is 19.7 Å². The standard InChI is InChI=1S/C12H14O3/c1-8-3-4-10-9(6-12(13)14-2)7-15-11(10)5-8/h3-5,9H,6-7H2,1-2H3/t9-/m0/s1. The summed E-state index contributed by atoms with van der Waals surface area (Å²) < 4.78 is 10.2. The Balaban J connectivity index is 2.18. The van der Waals surface area contributed by atoms with Gasteiger partial charge in [-0.15, -0.1) is 0 Å². The molecule has 0 radical (unpaired) electrons. The third kappa shape index (κ3) is 1.96. The molecule has 15 heavy (non-hydrogen) atoms. The van der Waals surface area contributed by atoms with Gasteiger partial charge in [0, 0.05) is 11.5 Å². The van der Waals surface area contributed by atoms with E-state index in [4.69, 9.17) is 4.74 Å². The van der Waals surface area contributed by atoms with Crippen LogP contribution in [0.15, 0.2) is 18.2 Å². The van der Waals surface area contributed by atoms with Gasteiger partial charge in [0.25, 0.3) is 0 Å². The number of esters is 1. The van der Waals surface area contributed by atoms with Crippen LogP contribution in [0.5, 0.6) is 5.75 Å². The summed E-state index contributed by atoms with van der Waals surface area (Å²) in [5, 5.41) is 0. The van der Waals surface area contributed by atoms with Crippen molar-refractivity contribution in [3.05, 3.63) is 29.3 Å². The van der Waals surface area contributed by atoms with E-state index in [1.54, 1.807) is 0 Å². The summed E-state index contributed by atoms with van der Waals surface area (Å²) in [5.74, 6) is 0.869. The van der Waals surface area contributed by atoms with Crippen molar-refractivity contribution in [2.45, 2.75) is 19.3 Å². The Morgan fingerprint density at radius 1 is 1.60 bits per heavy atom. The molecule has 1 aliphatic rings. The summed E-state index contributed by atoms with van der Waals surface area (Å²) in [4.78, 5) is 11.2. The second kappa shape index (κ2) is 3.93. The van der Waals surface area contributed by atoms with Crippen LogP contribution in [0.4, 0.5) is 0 Å². The topological polar surface area (TPSA) is 35.5 Å². The lowest BCUT2D eigenvalue weighted by Crippen LogP contribution is -2.09. The molecule has 0 aromatic heterocycles. The highest BCUT2D eigenvalue weighted by atomic mass is 16.5. The van der Waals surface area contributed by atoms with E-state index in [0.717, 1.165) is 11.3 Å². The van der Waals surface area contributed by atoms with Crippen molar-refractivity contribution < 1.29 is 14.3 Å². The molecule has 0 amide bonds. The van der Waals surface area contributed by atoms with Crippen LogP contribution in [0.2, 0.25) is 0 Å². The van der Waals surface area contributed by atoms with Gasteiger partial charge >= 0.3 is 5.97 Å². The highest BCUT2D eigenvalue weighted by Crippen LogP contribution is 2.36. The molecule has 1 aromatic rings. The van der Waals surface area contributed by atoms with Crippen molar-refractivity contribution in [3.8, 4) is 5.75 Å². The highest BCUT2D eigenvalue weighted by Gasteiger charge is 2.26. The van der Waals surface area contributed by atoms with Gasteiger partial charge in [0.2, 0.25) is 0 Å². The fraction of sp³-hybridized carbons (Fsp3) is 0.417. The molecule has 0 aliphatic carbocycles. The minimum Gasteiger partial charge on any atom is -0.493 e. The van der Waals surface area contributed by atoms with E-state index >= 15 is 0 Å². The average molecular weight is 206 g/mol. The quantitative estimate of drug-likeness (QED) is 0.694. The summed E-state index contributed by atoms with van der Waals surface area (Å²) in [6, 6.07) is 6.08. The molecule has 80 valence electrons. The van der Waals surface area contributed by atoms with Gasteiger partial charge in [-0.2, -0.15) is 0 Å². The van der Waals surface area contributed by atoms with Gasteiger partial charge in [0.1, 0.15) is 5.75 Å². The van der Waals surface area contributed by atoms with Crippen molar-refractivity contribution in [1.29, 1.82) is 0 Å². The number of rotatable bonds is 2. The molecule has 1 aliphatic heterocycles. The van der Waals surface area contributed by atoms with Gasteiger partial charge in [0.05, 0.1) is 20.1 Å². The number of carbonyl (C=O) groups is 1. The van der Waals surface area contributed by atoms with Crippen LogP contribution in [0.25, 0.3) is 0 Å². The lowest BCUT2D eigenvalue weighted by molar-refractivity contribution is -0.141. The van der Waals surface area contributed by atoms with Crippen LogP contribution in [-0.2, 0) is 9.53 Å². The minimum atomic E-state index is -0.183. The lowest BCUT2D eigenvalue weighted by Gasteiger charge is -2.06. The van der Waals surface area contributed by atoms with E-state index in [9.17, 15) is 4.79 Å². The second-order valence-corrected chi connectivity index (χ2v) is 3.83. The summed E-state index contributed by atoms with van der Waals surface area (Å²) in [5.41, 5.74) is 2.29. The molecule has 0 N–H and O–H groups in total. The molecule has 0 saturated heterocycles. The van der Waals surface area contributed by atoms with Gasteiger partial charge in [-0.25, -0.2) is 0 Å². The molecule has 0 unspecified atom stereocenters. The summed E-state index contributed by atoms with van der Waals surface area (Å²) in [6.45, 7) is 2.60. The molecular weight excluding hydrogens is 192 g/mol. The van der Waals surface area contributed by atoms with Crippen molar-refractivity contribution in [3.63, 3.8) is 0 Å². The number of hydrogen-bond acceptors (Lipinski definition) is 3. The van der Waals surface area contributed by atoms with E-state index in [2.05, 4.69) is 4.74 Å². The van der Waals surface area contributed by atoms with E-state index < -0.39 is 0 Å². The average Bonchev–Trinajstić information content (AvgIpc) is 2.60. The van der Waals surface area contributed by atoms with Gasteiger partial charge in [-0.1, -0.05) is 12.1 Å². The first kappa shape index (κ1) is 10.0. The monoisotopic (exact) mass is 206 g/mol. The summed E-state index contributed by atoms with van der Waals surface area (Å²) >= 11 is 0. The van der Waals surface area contributed by atoms with E-state index in [-0.39, 0.29) is 11.9 Å². The summed E-state index contributed by atoms with van der Waals surface area (Å²) in [6.07, 6.45) is 0.395. The molecule has 3 heteroatoms. The second-order valence-electron chi connectivity index (χ2n) is 3.83. The van der Waals surface area contributed by atoms with Crippen LogP contribution < -0.4 is 4.74 Å². The van der Waals surface area contributed by atoms with E-state index in [1.165, 1.54) is 12.7 Å². The van der Waals surface area contributed by atoms with Crippen molar-refractivity contribution in [2.24, 2.45) is 0 Å². The maximum Gasteiger partial charge on any atom is 0.306 e. The van der Waals surface area contributed by atoms with Crippen LogP contribution in [0.3, 0.4) is 0 Å². The van der Waals surface area contributed by atoms with Gasteiger partial charge in [0.15, 0.2) is 0 Å². The Kier molecular flexibility index (Phi) is 2.62. The number of carbonyl (C=O) groups excluding carboxylic acids is 1. The third-order valence-electron chi connectivity index (χ3n) is 2.69. The largest absolute Gasteiger partial charge is 0.493 e. The Morgan fingerprint density at radius 3 is 3.13 bits per heavy atom. The van der Waals surface area contributed by atoms with Gasteiger partial charge < -0.3 is 9.47 Å². The summed E-state index contributed by atoms with van der Waals surface area (Å²) in [7, 11) is 1.41. The Morgan fingerprint density at radius 2 is 2.40 bits per heavy atom. The smallest absolute Gasteiger partial charge is 0.306 e. The molecule has 0 spiro atoms. The molecule has 1 atom stereocenters. The molecule has 2 rings (SSSR count). The number of ether oxygens (including phenoxy) is 2. The van der Waals surface area contributed by atoms with Crippen LogP contribution in [0.1, 0.15) is 23.5 Å². The zero-order valence-electron chi connectivity index (χ0n) is 8.95. The highest BCUT2D eigenvalue weighted by molar-refractivity contribution is 5.71. The Bertz CT molecular complexity index is 384. The molecule has 1 aromatic carbocycles. The number of fused-ring (bicyclic) bond motifs is 1. The fourth-order valence-electron chi connectivity index (χ4n) is 1.84. The van der Waals surface area contributed by atoms with Crippen molar-refractivity contribution in [1.82, 2.24) is 0 Å². The van der Waals surface area contributed by atoms with Gasteiger partial charge in [-0.05, 0) is 18.6 Å². The predicted octanol–water partition coefficient (Wildman–Crippen LogP) is 2.03. The van der Waals surface area contributed by atoms with E-state index in [1.807, 2.05) is 25.1 Å². The fourth-order valence-corrected chi connectivity index (χ4v) is 1.84. The molecule has 1 heterocycles. The third-order valence-corrected chi connectivity index (χ3v) is 2.69. The molecule has 3 nitrogen and oxygen atoms in total. The Hall–Kier alpha value is -1.51. The molecule has 0 saturated carbocycles. The number of hydrogen-bond donors (Lipinski definition) is 0. The Labute approximate surface area is 89.0 Å². The van der Waals surface area contributed by atoms with E-state index in [0.29, 0.717) is 13.0 Å². The SMILES string of the molecule is COC(=O)C[C@H]1COc2cc(C)ccc21. The zero-order chi connectivity index (χ0) is 10.8. The van der Waals surface area contributed by atoms with Crippen LogP contribution >= 0.6 is 0 Å². The maximum atomic E-state index is 11.2. The molecular formula is C12H14O3. The zero-order valence-corrected chi connectivity index (χ0v) is 8.95. The first-order valence-corrected chi connectivity index (χ1v) is 5.01.